The minimum atomic E-state index is -4.15. The smallest absolute Gasteiger partial charge is 0.296 e. The normalized spacial score (nSPS) is 12.4. The van der Waals surface area contributed by atoms with Gasteiger partial charge in [0.2, 0.25) is 11.6 Å². The highest BCUT2D eigenvalue weighted by molar-refractivity contribution is 7.92. The summed E-state index contributed by atoms with van der Waals surface area (Å²) < 4.78 is 28.8. The SMILES string of the molecule is Nc1ccc(S(=O)(=O)Nc2nc3ccccc3n(C(Cl)C(=O)c3ccccc3)c2=O)cc1. The molecule has 32 heavy (non-hydrogen) atoms. The number of Topliss-reactive ketones (excluding diaryl/α,β-unsaturated/α-hetero) is 1. The summed E-state index contributed by atoms with van der Waals surface area (Å²) >= 11 is 6.45. The van der Waals surface area contributed by atoms with Crippen LogP contribution in [-0.4, -0.2) is 23.8 Å². The maximum absolute atomic E-state index is 13.2. The summed E-state index contributed by atoms with van der Waals surface area (Å²) in [6, 6.07) is 20.2. The number of carbonyl (C=O) groups excluding carboxylic acids is 1. The van der Waals surface area contributed by atoms with E-state index in [4.69, 9.17) is 17.3 Å². The number of ketones is 1. The molecule has 0 radical (unpaired) electrons. The molecule has 0 aliphatic heterocycles. The van der Waals surface area contributed by atoms with Crippen molar-refractivity contribution in [3.63, 3.8) is 0 Å². The Kier molecular flexibility index (Phi) is 5.68. The van der Waals surface area contributed by atoms with Gasteiger partial charge in [-0.15, -0.1) is 0 Å². The van der Waals surface area contributed by atoms with E-state index >= 15 is 0 Å². The number of alkyl halides is 1. The molecule has 0 aliphatic carbocycles. The fourth-order valence-electron chi connectivity index (χ4n) is 3.14. The average molecular weight is 469 g/mol. The van der Waals surface area contributed by atoms with Crippen molar-refractivity contribution >= 4 is 49.9 Å². The summed E-state index contributed by atoms with van der Waals surface area (Å²) in [4.78, 5) is 30.2. The number of para-hydroxylation sites is 2. The predicted molar refractivity (Wildman–Crippen MR) is 123 cm³/mol. The molecular weight excluding hydrogens is 452 g/mol. The number of hydrogen-bond donors (Lipinski definition) is 2. The van der Waals surface area contributed by atoms with Crippen LogP contribution >= 0.6 is 11.6 Å². The summed E-state index contributed by atoms with van der Waals surface area (Å²) in [5.41, 5.74) is 4.61. The minimum absolute atomic E-state index is 0.101. The van der Waals surface area contributed by atoms with Crippen LogP contribution in [0.4, 0.5) is 11.5 Å². The van der Waals surface area contributed by atoms with E-state index in [1.165, 1.54) is 24.3 Å². The Morgan fingerprint density at radius 1 is 0.969 bits per heavy atom. The van der Waals surface area contributed by atoms with Crippen LogP contribution in [0.15, 0.2) is 88.6 Å². The summed E-state index contributed by atoms with van der Waals surface area (Å²) in [5.74, 6) is -0.995. The second kappa shape index (κ2) is 8.45. The first-order valence-electron chi connectivity index (χ1n) is 9.41. The third-order valence-corrected chi connectivity index (χ3v) is 6.47. The monoisotopic (exact) mass is 468 g/mol. The second-order valence-corrected chi connectivity index (χ2v) is 8.96. The zero-order valence-electron chi connectivity index (χ0n) is 16.5. The molecule has 0 amide bonds. The van der Waals surface area contributed by atoms with Gasteiger partial charge in [-0.05, 0) is 36.4 Å². The molecule has 0 spiro atoms. The van der Waals surface area contributed by atoms with Crippen molar-refractivity contribution in [1.82, 2.24) is 9.55 Å². The topological polar surface area (TPSA) is 124 Å². The number of benzene rings is 3. The lowest BCUT2D eigenvalue weighted by molar-refractivity contribution is 0.0964. The molecule has 0 saturated heterocycles. The van der Waals surface area contributed by atoms with Gasteiger partial charge in [0.05, 0.1) is 15.9 Å². The number of nitrogen functional groups attached to an aromatic ring is 1. The average Bonchev–Trinajstić information content (AvgIpc) is 2.79. The zero-order chi connectivity index (χ0) is 22.9. The molecular formula is C22H17ClN4O4S. The molecule has 3 aromatic carbocycles. The Balaban J connectivity index is 1.84. The van der Waals surface area contributed by atoms with E-state index in [-0.39, 0.29) is 15.9 Å². The van der Waals surface area contributed by atoms with Crippen molar-refractivity contribution in [1.29, 1.82) is 0 Å². The lowest BCUT2D eigenvalue weighted by atomic mass is 10.1. The molecule has 0 aliphatic rings. The van der Waals surface area contributed by atoms with Crippen LogP contribution < -0.4 is 16.0 Å². The minimum Gasteiger partial charge on any atom is -0.399 e. The van der Waals surface area contributed by atoms with Gasteiger partial charge in [0.15, 0.2) is 5.50 Å². The van der Waals surface area contributed by atoms with Crippen molar-refractivity contribution in [2.45, 2.75) is 10.4 Å². The first-order valence-corrected chi connectivity index (χ1v) is 11.3. The number of carbonyl (C=O) groups is 1. The Labute approximate surface area is 188 Å². The number of nitrogens with two attached hydrogens (primary N) is 1. The van der Waals surface area contributed by atoms with Crippen molar-refractivity contribution in [2.75, 3.05) is 10.5 Å². The lowest BCUT2D eigenvalue weighted by Crippen LogP contribution is -2.31. The van der Waals surface area contributed by atoms with Crippen molar-refractivity contribution < 1.29 is 13.2 Å². The number of nitrogens with one attached hydrogen (secondary N) is 1. The van der Waals surface area contributed by atoms with Gasteiger partial charge in [-0.2, -0.15) is 0 Å². The Morgan fingerprint density at radius 2 is 1.59 bits per heavy atom. The standard InChI is InChI=1S/C22H17ClN4O4S/c23-20(19(28)14-6-2-1-3-7-14)27-18-9-5-4-8-17(18)25-21(22(27)29)26-32(30,31)16-12-10-15(24)11-13-16/h1-13,20H,24H2,(H,25,26). The van der Waals surface area contributed by atoms with Gasteiger partial charge < -0.3 is 5.73 Å². The van der Waals surface area contributed by atoms with Gasteiger partial charge >= 0.3 is 0 Å². The summed E-state index contributed by atoms with van der Waals surface area (Å²) in [7, 11) is -4.15. The van der Waals surface area contributed by atoms with Crippen LogP contribution in [0.3, 0.4) is 0 Å². The molecule has 1 aromatic heterocycles. The number of hydrogen-bond acceptors (Lipinski definition) is 6. The predicted octanol–water partition coefficient (Wildman–Crippen LogP) is 3.40. The number of sulfonamides is 1. The van der Waals surface area contributed by atoms with Gasteiger partial charge in [-0.25, -0.2) is 13.4 Å². The molecule has 10 heteroatoms. The molecule has 4 aromatic rings. The van der Waals surface area contributed by atoms with Gasteiger partial charge in [-0.1, -0.05) is 54.1 Å². The highest BCUT2D eigenvalue weighted by atomic mass is 35.5. The molecule has 1 heterocycles. The van der Waals surface area contributed by atoms with Crippen LogP contribution in [0.5, 0.6) is 0 Å². The van der Waals surface area contributed by atoms with E-state index in [1.807, 2.05) is 0 Å². The molecule has 162 valence electrons. The van der Waals surface area contributed by atoms with E-state index in [1.54, 1.807) is 54.6 Å². The third kappa shape index (κ3) is 4.08. The Bertz CT molecular complexity index is 1470. The van der Waals surface area contributed by atoms with Crippen molar-refractivity contribution in [3.05, 3.63) is 94.8 Å². The van der Waals surface area contributed by atoms with E-state index < -0.39 is 32.7 Å². The number of halogens is 1. The number of rotatable bonds is 6. The zero-order valence-corrected chi connectivity index (χ0v) is 18.0. The maximum atomic E-state index is 13.2. The maximum Gasteiger partial charge on any atom is 0.296 e. The van der Waals surface area contributed by atoms with Crippen molar-refractivity contribution in [2.24, 2.45) is 0 Å². The molecule has 8 nitrogen and oxygen atoms in total. The van der Waals surface area contributed by atoms with Gasteiger partial charge in [0.25, 0.3) is 15.6 Å². The Morgan fingerprint density at radius 3 is 2.28 bits per heavy atom. The summed E-state index contributed by atoms with van der Waals surface area (Å²) in [5, 5.41) is 0. The number of nitrogens with zero attached hydrogens (tertiary/aromatic N) is 2. The highest BCUT2D eigenvalue weighted by Crippen LogP contribution is 2.24. The van der Waals surface area contributed by atoms with Crippen LogP contribution in [-0.2, 0) is 10.0 Å². The molecule has 1 atom stereocenters. The first kappa shape index (κ1) is 21.5. The van der Waals surface area contributed by atoms with Gasteiger partial charge in [0.1, 0.15) is 0 Å². The molecule has 1 unspecified atom stereocenters. The van der Waals surface area contributed by atoms with E-state index in [2.05, 4.69) is 9.71 Å². The fourth-order valence-corrected chi connectivity index (χ4v) is 4.46. The molecule has 3 N–H and O–H groups in total. The van der Waals surface area contributed by atoms with Crippen LogP contribution in [0, 0.1) is 0 Å². The van der Waals surface area contributed by atoms with Crippen LogP contribution in [0.2, 0.25) is 0 Å². The van der Waals surface area contributed by atoms with Crippen molar-refractivity contribution in [3.8, 4) is 0 Å². The first-order chi connectivity index (χ1) is 15.3. The summed E-state index contributed by atoms with van der Waals surface area (Å²) in [6.45, 7) is 0. The molecule has 4 rings (SSSR count). The number of aromatic nitrogens is 2. The van der Waals surface area contributed by atoms with Crippen LogP contribution in [0.25, 0.3) is 11.0 Å². The highest BCUT2D eigenvalue weighted by Gasteiger charge is 2.26. The van der Waals surface area contributed by atoms with Gasteiger partial charge in [-0.3, -0.25) is 18.9 Å². The quantitative estimate of drug-likeness (QED) is 0.254. The van der Waals surface area contributed by atoms with E-state index in [0.29, 0.717) is 11.3 Å². The van der Waals surface area contributed by atoms with E-state index in [0.717, 1.165) is 4.57 Å². The second-order valence-electron chi connectivity index (χ2n) is 6.86. The fraction of sp³-hybridized carbons (Fsp3) is 0.0455. The van der Waals surface area contributed by atoms with Gasteiger partial charge in [0, 0.05) is 11.3 Å². The summed E-state index contributed by atoms with van der Waals surface area (Å²) in [6.07, 6.45) is 0. The van der Waals surface area contributed by atoms with E-state index in [9.17, 15) is 18.0 Å². The molecule has 0 fully saturated rings. The number of anilines is 2. The third-order valence-electron chi connectivity index (χ3n) is 4.72. The Hall–Kier alpha value is -3.69. The molecule has 0 bridgehead atoms. The lowest BCUT2D eigenvalue weighted by Gasteiger charge is -2.17. The van der Waals surface area contributed by atoms with Crippen LogP contribution in [0.1, 0.15) is 15.9 Å². The molecule has 0 saturated carbocycles. The largest absolute Gasteiger partial charge is 0.399 e. The number of fused-ring (bicyclic) bond motifs is 1.